The lowest BCUT2D eigenvalue weighted by molar-refractivity contribution is -0.151. The van der Waals surface area contributed by atoms with E-state index in [1.54, 1.807) is 0 Å². The number of likely N-dealkylation sites (N-methyl/N-ethyl adjacent to an activating group) is 1. The first-order valence-electron chi connectivity index (χ1n) is 7.44. The minimum absolute atomic E-state index is 0.373. The summed E-state index contributed by atoms with van der Waals surface area (Å²) in [5, 5.41) is 10.7. The number of esters is 1. The van der Waals surface area contributed by atoms with Gasteiger partial charge in [-0.25, -0.2) is 0 Å². The number of carbonyl (C=O) groups excluding carboxylic acids is 1. The van der Waals surface area contributed by atoms with Crippen molar-refractivity contribution in [3.63, 3.8) is 0 Å². The molecule has 1 fully saturated rings. The fourth-order valence-corrected chi connectivity index (χ4v) is 3.21. The number of nitrogens with zero attached hydrogens (tertiary/aromatic N) is 2. The van der Waals surface area contributed by atoms with E-state index in [9.17, 15) is 9.90 Å². The number of hydrogen-bond donors (Lipinski definition) is 1. The van der Waals surface area contributed by atoms with Gasteiger partial charge in [-0.2, -0.15) is 0 Å². The first-order chi connectivity index (χ1) is 10.5. The van der Waals surface area contributed by atoms with Crippen LogP contribution in [-0.4, -0.2) is 67.8 Å². The summed E-state index contributed by atoms with van der Waals surface area (Å²) in [6, 6.07) is 7.43. The van der Waals surface area contributed by atoms with Crippen molar-refractivity contribution in [1.82, 2.24) is 9.80 Å². The lowest BCUT2D eigenvalue weighted by Gasteiger charge is -2.35. The molecule has 122 valence electrons. The molecule has 1 N–H and O–H groups in total. The number of halogens is 1. The maximum Gasteiger partial charge on any atom is 0.312 e. The molecule has 0 bridgehead atoms. The van der Waals surface area contributed by atoms with E-state index in [1.165, 1.54) is 7.11 Å². The van der Waals surface area contributed by atoms with Crippen LogP contribution >= 0.6 is 15.9 Å². The average molecular weight is 371 g/mol. The largest absolute Gasteiger partial charge is 0.469 e. The molecule has 0 amide bonds. The SMILES string of the molecule is COC(=O)[C@H](CN1CCN(C)CC1)[C@H](O)c1ccccc1Br. The second-order valence-electron chi connectivity index (χ2n) is 5.70. The van der Waals surface area contributed by atoms with Crippen molar-refractivity contribution in [2.45, 2.75) is 6.10 Å². The third-order valence-electron chi connectivity index (χ3n) is 4.16. The van der Waals surface area contributed by atoms with E-state index in [4.69, 9.17) is 4.74 Å². The quantitative estimate of drug-likeness (QED) is 0.796. The highest BCUT2D eigenvalue weighted by molar-refractivity contribution is 9.10. The molecule has 0 aliphatic carbocycles. The second kappa shape index (κ2) is 8.06. The van der Waals surface area contributed by atoms with Gasteiger partial charge in [0, 0.05) is 37.2 Å². The molecule has 1 aromatic carbocycles. The number of carbonyl (C=O) groups is 1. The zero-order chi connectivity index (χ0) is 16.1. The Morgan fingerprint density at radius 1 is 1.32 bits per heavy atom. The zero-order valence-electron chi connectivity index (χ0n) is 13.0. The summed E-state index contributed by atoms with van der Waals surface area (Å²) in [6.45, 7) is 4.24. The molecule has 1 aromatic rings. The van der Waals surface area contributed by atoms with E-state index in [0.717, 1.165) is 30.7 Å². The van der Waals surface area contributed by atoms with Crippen LogP contribution in [0.2, 0.25) is 0 Å². The van der Waals surface area contributed by atoms with Crippen LogP contribution < -0.4 is 0 Å². The van der Waals surface area contributed by atoms with Crippen molar-refractivity contribution in [3.05, 3.63) is 34.3 Å². The fraction of sp³-hybridized carbons (Fsp3) is 0.562. The van der Waals surface area contributed by atoms with Gasteiger partial charge in [-0.3, -0.25) is 9.69 Å². The third kappa shape index (κ3) is 4.29. The topological polar surface area (TPSA) is 53.0 Å². The third-order valence-corrected chi connectivity index (χ3v) is 4.88. The van der Waals surface area contributed by atoms with Crippen LogP contribution in [0.25, 0.3) is 0 Å². The molecular formula is C16H23BrN2O3. The Morgan fingerprint density at radius 2 is 1.95 bits per heavy atom. The molecular weight excluding hydrogens is 348 g/mol. The predicted octanol–water partition coefficient (Wildman–Crippen LogP) is 1.52. The smallest absolute Gasteiger partial charge is 0.312 e. The number of aliphatic hydroxyl groups excluding tert-OH is 1. The number of hydrogen-bond acceptors (Lipinski definition) is 5. The van der Waals surface area contributed by atoms with Crippen molar-refractivity contribution < 1.29 is 14.6 Å². The Bertz CT molecular complexity index is 504. The molecule has 2 atom stereocenters. The Morgan fingerprint density at radius 3 is 2.55 bits per heavy atom. The first kappa shape index (κ1) is 17.4. The number of methoxy groups -OCH3 is 1. The number of benzene rings is 1. The summed E-state index contributed by atoms with van der Waals surface area (Å²) in [5.74, 6) is -0.964. The summed E-state index contributed by atoms with van der Waals surface area (Å²) >= 11 is 3.44. The van der Waals surface area contributed by atoms with E-state index in [2.05, 4.69) is 32.8 Å². The van der Waals surface area contributed by atoms with Gasteiger partial charge >= 0.3 is 5.97 Å². The Labute approximate surface area is 140 Å². The lowest BCUT2D eigenvalue weighted by atomic mass is 9.95. The molecule has 0 unspecified atom stereocenters. The van der Waals surface area contributed by atoms with Gasteiger partial charge in [0.05, 0.1) is 19.1 Å². The van der Waals surface area contributed by atoms with E-state index in [0.29, 0.717) is 12.1 Å². The highest BCUT2D eigenvalue weighted by Gasteiger charge is 2.32. The maximum atomic E-state index is 12.1. The van der Waals surface area contributed by atoms with Crippen molar-refractivity contribution in [2.24, 2.45) is 5.92 Å². The molecule has 0 radical (unpaired) electrons. The highest BCUT2D eigenvalue weighted by Crippen LogP contribution is 2.30. The molecule has 1 aliphatic rings. The summed E-state index contributed by atoms with van der Waals surface area (Å²) in [5.41, 5.74) is 0.715. The van der Waals surface area contributed by atoms with E-state index in [1.807, 2.05) is 24.3 Å². The van der Waals surface area contributed by atoms with Crippen LogP contribution in [0.3, 0.4) is 0 Å². The van der Waals surface area contributed by atoms with Gasteiger partial charge in [0.25, 0.3) is 0 Å². The van der Waals surface area contributed by atoms with Crippen LogP contribution in [0.5, 0.6) is 0 Å². The minimum atomic E-state index is -0.886. The molecule has 6 heteroatoms. The van der Waals surface area contributed by atoms with Gasteiger partial charge in [0.2, 0.25) is 0 Å². The Hall–Kier alpha value is -0.950. The van der Waals surface area contributed by atoms with Crippen molar-refractivity contribution in [2.75, 3.05) is 46.9 Å². The van der Waals surface area contributed by atoms with Crippen LogP contribution in [0.1, 0.15) is 11.7 Å². The normalized spacial score (nSPS) is 19.6. The van der Waals surface area contributed by atoms with E-state index in [-0.39, 0.29) is 5.97 Å². The molecule has 0 spiro atoms. The summed E-state index contributed by atoms with van der Waals surface area (Å²) in [6.07, 6.45) is -0.886. The molecule has 1 heterocycles. The molecule has 0 saturated carbocycles. The molecule has 22 heavy (non-hydrogen) atoms. The standard InChI is InChI=1S/C16H23BrN2O3/c1-18-7-9-19(10-8-18)11-13(16(21)22-2)15(20)12-5-3-4-6-14(12)17/h3-6,13,15,20H,7-11H2,1-2H3/t13-,15-/m1/s1. The van der Waals surface area contributed by atoms with Gasteiger partial charge in [-0.15, -0.1) is 0 Å². The molecule has 5 nitrogen and oxygen atoms in total. The molecule has 1 aliphatic heterocycles. The van der Waals surface area contributed by atoms with Gasteiger partial charge in [0.1, 0.15) is 0 Å². The fourth-order valence-electron chi connectivity index (χ4n) is 2.69. The van der Waals surface area contributed by atoms with Gasteiger partial charge in [-0.05, 0) is 18.7 Å². The number of aliphatic hydroxyl groups is 1. The van der Waals surface area contributed by atoms with Gasteiger partial charge in [0.15, 0.2) is 0 Å². The summed E-state index contributed by atoms with van der Waals surface area (Å²) < 4.78 is 5.71. The van der Waals surface area contributed by atoms with Crippen molar-refractivity contribution >= 4 is 21.9 Å². The monoisotopic (exact) mass is 370 g/mol. The van der Waals surface area contributed by atoms with E-state index >= 15 is 0 Å². The van der Waals surface area contributed by atoms with Crippen molar-refractivity contribution in [3.8, 4) is 0 Å². The predicted molar refractivity (Wildman–Crippen MR) is 88.5 cm³/mol. The number of rotatable bonds is 5. The first-order valence-corrected chi connectivity index (χ1v) is 8.23. The maximum absolute atomic E-state index is 12.1. The van der Waals surface area contributed by atoms with Gasteiger partial charge in [-0.1, -0.05) is 34.1 Å². The Balaban J connectivity index is 2.12. The summed E-state index contributed by atoms with van der Waals surface area (Å²) in [4.78, 5) is 16.6. The van der Waals surface area contributed by atoms with Crippen molar-refractivity contribution in [1.29, 1.82) is 0 Å². The molecule has 1 saturated heterocycles. The van der Waals surface area contributed by atoms with Crippen LogP contribution in [0, 0.1) is 5.92 Å². The lowest BCUT2D eigenvalue weighted by Crippen LogP contribution is -2.48. The Kier molecular flexibility index (Phi) is 6.37. The average Bonchev–Trinajstić information content (AvgIpc) is 2.53. The second-order valence-corrected chi connectivity index (χ2v) is 6.55. The minimum Gasteiger partial charge on any atom is -0.469 e. The highest BCUT2D eigenvalue weighted by atomic mass is 79.9. The number of piperazine rings is 1. The van der Waals surface area contributed by atoms with Crippen LogP contribution in [0.15, 0.2) is 28.7 Å². The van der Waals surface area contributed by atoms with Crippen LogP contribution in [-0.2, 0) is 9.53 Å². The summed E-state index contributed by atoms with van der Waals surface area (Å²) in [7, 11) is 3.46. The number of ether oxygens (including phenoxy) is 1. The molecule has 2 rings (SSSR count). The van der Waals surface area contributed by atoms with E-state index < -0.39 is 12.0 Å². The van der Waals surface area contributed by atoms with Crippen LogP contribution in [0.4, 0.5) is 0 Å². The van der Waals surface area contributed by atoms with Gasteiger partial charge < -0.3 is 14.7 Å². The molecule has 0 aromatic heterocycles. The zero-order valence-corrected chi connectivity index (χ0v) is 14.6.